The molecule has 0 heterocycles. The minimum absolute atomic E-state index is 0.108. The number of nitrogens with one attached hydrogen (secondary N) is 1. The third-order valence-corrected chi connectivity index (χ3v) is 5.48. The van der Waals surface area contributed by atoms with Gasteiger partial charge < -0.3 is 10.2 Å². The van der Waals surface area contributed by atoms with Gasteiger partial charge in [-0.15, -0.1) is 0 Å². The first-order valence-corrected chi connectivity index (χ1v) is 9.49. The average molecular weight is 370 g/mol. The molecule has 1 aliphatic carbocycles. The van der Waals surface area contributed by atoms with Crippen LogP contribution in [0.15, 0.2) is 24.3 Å². The minimum Gasteiger partial charge on any atom is -0.326 e. The zero-order valence-electron chi connectivity index (χ0n) is 16.8. The van der Waals surface area contributed by atoms with Crippen molar-refractivity contribution in [2.24, 2.45) is 5.92 Å². The molecule has 6 heteroatoms. The molecule has 0 spiro atoms. The van der Waals surface area contributed by atoms with Crippen LogP contribution in [-0.4, -0.2) is 54.3 Å². The summed E-state index contributed by atoms with van der Waals surface area (Å²) < 4.78 is 0. The number of nitrogens with zero attached hydrogens (tertiary/aromatic N) is 3. The molecule has 2 amide bonds. The van der Waals surface area contributed by atoms with Crippen molar-refractivity contribution in [1.29, 1.82) is 5.26 Å². The molecule has 0 radical (unpaired) electrons. The summed E-state index contributed by atoms with van der Waals surface area (Å²) in [4.78, 5) is 28.1. The molecular weight excluding hydrogens is 340 g/mol. The number of carbonyl (C=O) groups is 2. The van der Waals surface area contributed by atoms with Gasteiger partial charge in [0.15, 0.2) is 0 Å². The number of anilines is 1. The predicted octanol–water partition coefficient (Wildman–Crippen LogP) is 2.80. The lowest BCUT2D eigenvalue weighted by Crippen LogP contribution is -2.53. The molecule has 1 aromatic rings. The summed E-state index contributed by atoms with van der Waals surface area (Å²) in [6, 6.07) is 9.95. The first-order valence-electron chi connectivity index (χ1n) is 9.49. The highest BCUT2D eigenvalue weighted by Crippen LogP contribution is 2.35. The molecule has 0 atom stereocenters. The normalized spacial score (nSPS) is 22.1. The van der Waals surface area contributed by atoms with Gasteiger partial charge in [-0.05, 0) is 57.7 Å². The summed E-state index contributed by atoms with van der Waals surface area (Å²) >= 11 is 0. The van der Waals surface area contributed by atoms with Crippen LogP contribution in [0, 0.1) is 24.2 Å². The third-order valence-electron chi connectivity index (χ3n) is 5.48. The number of carbonyl (C=O) groups excluding carboxylic acids is 2. The van der Waals surface area contributed by atoms with Crippen molar-refractivity contribution in [2.45, 2.75) is 45.1 Å². The molecule has 27 heavy (non-hydrogen) atoms. The Bertz CT molecular complexity index is 700. The zero-order valence-corrected chi connectivity index (χ0v) is 16.8. The van der Waals surface area contributed by atoms with Crippen LogP contribution >= 0.6 is 0 Å². The van der Waals surface area contributed by atoms with Gasteiger partial charge in [0.1, 0.15) is 5.54 Å². The maximum Gasteiger partial charge on any atom is 0.238 e. The molecule has 0 bridgehead atoms. The number of rotatable bonds is 6. The van der Waals surface area contributed by atoms with Crippen LogP contribution in [-0.2, 0) is 9.59 Å². The van der Waals surface area contributed by atoms with Crippen LogP contribution in [0.2, 0.25) is 0 Å². The van der Waals surface area contributed by atoms with Gasteiger partial charge in [-0.3, -0.25) is 14.5 Å². The van der Waals surface area contributed by atoms with Crippen molar-refractivity contribution in [2.75, 3.05) is 32.5 Å². The Balaban J connectivity index is 1.87. The van der Waals surface area contributed by atoms with E-state index in [9.17, 15) is 14.9 Å². The monoisotopic (exact) mass is 370 g/mol. The fourth-order valence-electron chi connectivity index (χ4n) is 3.48. The standard InChI is InChI=1S/C21H30N4O2/c1-16-5-7-18(8-6-16)23-19(26)13-24(3)14-20(27)25(4)21(15-22)11-9-17(2)10-12-21/h5-8,17H,9-14H2,1-4H3,(H,23,26). The number of aryl methyl sites for hydroxylation is 1. The second-order valence-electron chi connectivity index (χ2n) is 7.87. The lowest BCUT2D eigenvalue weighted by Gasteiger charge is -2.41. The lowest BCUT2D eigenvalue weighted by molar-refractivity contribution is -0.136. The van der Waals surface area contributed by atoms with Gasteiger partial charge in [0.25, 0.3) is 0 Å². The summed E-state index contributed by atoms with van der Waals surface area (Å²) in [5.74, 6) is 0.304. The van der Waals surface area contributed by atoms with Crippen LogP contribution in [0.1, 0.15) is 38.2 Å². The number of hydrogen-bond donors (Lipinski definition) is 1. The molecule has 1 aliphatic rings. The summed E-state index contributed by atoms with van der Waals surface area (Å²) in [6.45, 7) is 4.40. The second-order valence-corrected chi connectivity index (χ2v) is 7.87. The van der Waals surface area contributed by atoms with E-state index in [1.54, 1.807) is 23.9 Å². The molecule has 2 rings (SSSR count). The van der Waals surface area contributed by atoms with Crippen LogP contribution in [0.4, 0.5) is 5.69 Å². The average Bonchev–Trinajstić information content (AvgIpc) is 2.63. The maximum atomic E-state index is 12.7. The van der Waals surface area contributed by atoms with Gasteiger partial charge in [0.2, 0.25) is 11.8 Å². The van der Waals surface area contributed by atoms with E-state index in [0.717, 1.165) is 24.1 Å². The number of hydrogen-bond acceptors (Lipinski definition) is 4. The van der Waals surface area contributed by atoms with Gasteiger partial charge in [0.05, 0.1) is 19.2 Å². The summed E-state index contributed by atoms with van der Waals surface area (Å²) in [7, 11) is 3.45. The highest BCUT2D eigenvalue weighted by atomic mass is 16.2. The Morgan fingerprint density at radius 3 is 2.33 bits per heavy atom. The van der Waals surface area contributed by atoms with Crippen LogP contribution in [0.3, 0.4) is 0 Å². The minimum atomic E-state index is -0.714. The Kier molecular flexibility index (Phi) is 6.98. The topological polar surface area (TPSA) is 76.4 Å². The third kappa shape index (κ3) is 5.54. The van der Waals surface area contributed by atoms with E-state index in [2.05, 4.69) is 18.3 Å². The second kappa shape index (κ2) is 9.01. The van der Waals surface area contributed by atoms with Gasteiger partial charge >= 0.3 is 0 Å². The first kappa shape index (κ1) is 20.9. The van der Waals surface area contributed by atoms with Crippen molar-refractivity contribution in [3.63, 3.8) is 0 Å². The summed E-state index contributed by atoms with van der Waals surface area (Å²) in [5, 5.41) is 12.5. The van der Waals surface area contributed by atoms with Crippen molar-refractivity contribution in [1.82, 2.24) is 9.80 Å². The molecule has 1 N–H and O–H groups in total. The van der Waals surface area contributed by atoms with Gasteiger partial charge in [-0.1, -0.05) is 24.6 Å². The lowest BCUT2D eigenvalue weighted by atomic mass is 9.77. The molecule has 0 aromatic heterocycles. The van der Waals surface area contributed by atoms with Gasteiger partial charge in [-0.25, -0.2) is 0 Å². The molecule has 0 saturated heterocycles. The largest absolute Gasteiger partial charge is 0.326 e. The molecule has 6 nitrogen and oxygen atoms in total. The Morgan fingerprint density at radius 2 is 1.78 bits per heavy atom. The van der Waals surface area contributed by atoms with Gasteiger partial charge in [-0.2, -0.15) is 5.26 Å². The zero-order chi connectivity index (χ0) is 20.0. The highest BCUT2D eigenvalue weighted by molar-refractivity contribution is 5.92. The van der Waals surface area contributed by atoms with E-state index < -0.39 is 5.54 Å². The van der Waals surface area contributed by atoms with Crippen LogP contribution in [0.25, 0.3) is 0 Å². The molecule has 0 aliphatic heterocycles. The van der Waals surface area contributed by atoms with E-state index >= 15 is 0 Å². The van der Waals surface area contributed by atoms with Crippen molar-refractivity contribution < 1.29 is 9.59 Å². The van der Waals surface area contributed by atoms with Gasteiger partial charge in [0, 0.05) is 12.7 Å². The molecular formula is C21H30N4O2. The quantitative estimate of drug-likeness (QED) is 0.835. The Morgan fingerprint density at radius 1 is 1.19 bits per heavy atom. The van der Waals surface area contributed by atoms with E-state index in [-0.39, 0.29) is 24.9 Å². The maximum absolute atomic E-state index is 12.7. The van der Waals surface area contributed by atoms with Crippen LogP contribution < -0.4 is 5.32 Å². The number of benzene rings is 1. The van der Waals surface area contributed by atoms with E-state index in [1.807, 2.05) is 31.2 Å². The van der Waals surface area contributed by atoms with Crippen molar-refractivity contribution in [3.8, 4) is 6.07 Å². The molecule has 146 valence electrons. The Hall–Kier alpha value is -2.39. The molecule has 1 fully saturated rings. The van der Waals surface area contributed by atoms with Crippen molar-refractivity contribution >= 4 is 17.5 Å². The molecule has 0 unspecified atom stereocenters. The van der Waals surface area contributed by atoms with Crippen molar-refractivity contribution in [3.05, 3.63) is 29.8 Å². The predicted molar refractivity (Wildman–Crippen MR) is 106 cm³/mol. The number of amides is 2. The number of nitriles is 1. The smallest absolute Gasteiger partial charge is 0.238 e. The van der Waals surface area contributed by atoms with Crippen LogP contribution in [0.5, 0.6) is 0 Å². The summed E-state index contributed by atoms with van der Waals surface area (Å²) in [5.41, 5.74) is 1.15. The van der Waals surface area contributed by atoms with E-state index in [4.69, 9.17) is 0 Å². The van der Waals surface area contributed by atoms with E-state index in [0.29, 0.717) is 18.8 Å². The number of likely N-dealkylation sites (N-methyl/N-ethyl adjacent to an activating group) is 2. The fourth-order valence-corrected chi connectivity index (χ4v) is 3.48. The Labute approximate surface area is 162 Å². The molecule has 1 aromatic carbocycles. The highest BCUT2D eigenvalue weighted by Gasteiger charge is 2.40. The van der Waals surface area contributed by atoms with E-state index in [1.165, 1.54) is 0 Å². The molecule has 1 saturated carbocycles. The SMILES string of the molecule is Cc1ccc(NC(=O)CN(C)CC(=O)N(C)C2(C#N)CCC(C)CC2)cc1. The summed E-state index contributed by atoms with van der Waals surface area (Å²) in [6.07, 6.45) is 3.34. The fraction of sp³-hybridized carbons (Fsp3) is 0.571. The first-order chi connectivity index (χ1) is 12.8.